The van der Waals surface area contributed by atoms with Gasteiger partial charge in [-0.2, -0.15) is 0 Å². The average Bonchev–Trinajstić information content (AvgIpc) is 2.75. The topological polar surface area (TPSA) is 35.5 Å². The number of carbonyl (C=O) groups is 1. The number of rotatable bonds is 8. The largest absolute Gasteiger partial charge is 0.494 e. The van der Waals surface area contributed by atoms with Gasteiger partial charge in [-0.05, 0) is 59.9 Å². The molecule has 0 aromatic heterocycles. The number of unbranched alkanes of at least 4 members (excludes halogenated alkanes) is 1. The molecule has 3 aromatic rings. The second kappa shape index (κ2) is 9.75. The lowest BCUT2D eigenvalue weighted by Gasteiger charge is -2.08. The van der Waals surface area contributed by atoms with Crippen LogP contribution in [-0.2, 0) is 4.74 Å². The molecular formula is C25H26O3. The van der Waals surface area contributed by atoms with Crippen molar-refractivity contribution in [1.29, 1.82) is 0 Å². The van der Waals surface area contributed by atoms with Gasteiger partial charge in [-0.3, -0.25) is 0 Å². The Morgan fingerprint density at radius 3 is 1.64 bits per heavy atom. The van der Waals surface area contributed by atoms with Crippen molar-refractivity contribution in [2.24, 2.45) is 0 Å². The standard InChI is InChI=1S/C25H26O3/c1-3-5-18-28-24-16-14-22(15-17-24)20-8-6-19(7-9-20)21-10-12-23(13-11-21)25(26)27-4-2/h6-17H,3-5,18H2,1-2H3. The van der Waals surface area contributed by atoms with Crippen molar-refractivity contribution in [3.8, 4) is 28.0 Å². The fourth-order valence-electron chi connectivity index (χ4n) is 2.95. The Bertz CT molecular complexity index is 879. The van der Waals surface area contributed by atoms with Crippen molar-refractivity contribution < 1.29 is 14.3 Å². The summed E-state index contributed by atoms with van der Waals surface area (Å²) in [6.45, 7) is 5.11. The summed E-state index contributed by atoms with van der Waals surface area (Å²) >= 11 is 0. The van der Waals surface area contributed by atoms with Crippen LogP contribution < -0.4 is 4.74 Å². The second-order valence-corrected chi connectivity index (χ2v) is 6.60. The lowest BCUT2D eigenvalue weighted by molar-refractivity contribution is 0.0526. The predicted molar refractivity (Wildman–Crippen MR) is 114 cm³/mol. The van der Waals surface area contributed by atoms with Crippen LogP contribution in [0.1, 0.15) is 37.0 Å². The molecule has 0 fully saturated rings. The van der Waals surface area contributed by atoms with Gasteiger partial charge in [0.05, 0.1) is 18.8 Å². The Kier molecular flexibility index (Phi) is 6.85. The molecule has 28 heavy (non-hydrogen) atoms. The zero-order chi connectivity index (χ0) is 19.8. The van der Waals surface area contributed by atoms with Gasteiger partial charge < -0.3 is 9.47 Å². The van der Waals surface area contributed by atoms with Crippen molar-refractivity contribution in [3.05, 3.63) is 78.4 Å². The van der Waals surface area contributed by atoms with Gasteiger partial charge in [0, 0.05) is 0 Å². The lowest BCUT2D eigenvalue weighted by Crippen LogP contribution is -2.03. The summed E-state index contributed by atoms with van der Waals surface area (Å²) < 4.78 is 10.7. The van der Waals surface area contributed by atoms with Crippen LogP contribution in [-0.4, -0.2) is 19.2 Å². The third-order valence-electron chi connectivity index (χ3n) is 4.57. The number of benzene rings is 3. The first kappa shape index (κ1) is 19.7. The molecule has 3 rings (SSSR count). The summed E-state index contributed by atoms with van der Waals surface area (Å²) in [7, 11) is 0. The molecule has 144 valence electrons. The van der Waals surface area contributed by atoms with Gasteiger partial charge in [0.1, 0.15) is 5.75 Å². The molecule has 0 saturated heterocycles. The monoisotopic (exact) mass is 374 g/mol. The molecule has 0 aliphatic carbocycles. The Labute approximate surface area is 166 Å². The number of ether oxygens (including phenoxy) is 2. The van der Waals surface area contributed by atoms with Crippen molar-refractivity contribution in [2.75, 3.05) is 13.2 Å². The Hall–Kier alpha value is -3.07. The maximum absolute atomic E-state index is 11.8. The van der Waals surface area contributed by atoms with Crippen LogP contribution >= 0.6 is 0 Å². The summed E-state index contributed by atoms with van der Waals surface area (Å²) in [5, 5.41) is 0. The van der Waals surface area contributed by atoms with E-state index in [1.165, 1.54) is 0 Å². The summed E-state index contributed by atoms with van der Waals surface area (Å²) in [5.41, 5.74) is 5.07. The first-order valence-electron chi connectivity index (χ1n) is 9.82. The molecule has 0 saturated carbocycles. The summed E-state index contributed by atoms with van der Waals surface area (Å²) in [4.78, 5) is 11.8. The molecule has 0 amide bonds. The van der Waals surface area contributed by atoms with Crippen molar-refractivity contribution >= 4 is 5.97 Å². The van der Waals surface area contributed by atoms with E-state index in [4.69, 9.17) is 9.47 Å². The highest BCUT2D eigenvalue weighted by Crippen LogP contribution is 2.26. The minimum Gasteiger partial charge on any atom is -0.494 e. The quantitative estimate of drug-likeness (QED) is 0.339. The maximum atomic E-state index is 11.8. The Balaban J connectivity index is 1.68. The Morgan fingerprint density at radius 1 is 0.714 bits per heavy atom. The van der Waals surface area contributed by atoms with Crippen LogP contribution in [0.25, 0.3) is 22.3 Å². The van der Waals surface area contributed by atoms with E-state index >= 15 is 0 Å². The van der Waals surface area contributed by atoms with Gasteiger partial charge >= 0.3 is 5.97 Å². The molecule has 0 heterocycles. The van der Waals surface area contributed by atoms with E-state index in [9.17, 15) is 4.79 Å². The smallest absolute Gasteiger partial charge is 0.338 e. The molecule has 3 heteroatoms. The molecule has 0 aliphatic heterocycles. The van der Waals surface area contributed by atoms with Gasteiger partial charge in [-0.25, -0.2) is 4.79 Å². The van der Waals surface area contributed by atoms with Gasteiger partial charge in [-0.1, -0.05) is 61.9 Å². The van der Waals surface area contributed by atoms with Crippen LogP contribution in [0.5, 0.6) is 5.75 Å². The summed E-state index contributed by atoms with van der Waals surface area (Å²) in [6.07, 6.45) is 2.21. The number of esters is 1. The van der Waals surface area contributed by atoms with Crippen molar-refractivity contribution in [1.82, 2.24) is 0 Å². The minimum atomic E-state index is -0.286. The van der Waals surface area contributed by atoms with Crippen LogP contribution in [0.4, 0.5) is 0 Å². The summed E-state index contributed by atoms with van der Waals surface area (Å²) in [5.74, 6) is 0.627. The summed E-state index contributed by atoms with van der Waals surface area (Å²) in [6, 6.07) is 24.1. The number of hydrogen-bond donors (Lipinski definition) is 0. The van der Waals surface area contributed by atoms with E-state index in [1.807, 2.05) is 24.3 Å². The minimum absolute atomic E-state index is 0.286. The van der Waals surface area contributed by atoms with Crippen LogP contribution in [0.3, 0.4) is 0 Å². The third kappa shape index (κ3) is 5.01. The van der Waals surface area contributed by atoms with Crippen molar-refractivity contribution in [3.63, 3.8) is 0 Å². The van der Waals surface area contributed by atoms with E-state index in [0.29, 0.717) is 12.2 Å². The molecular weight excluding hydrogens is 348 g/mol. The highest BCUT2D eigenvalue weighted by Gasteiger charge is 2.07. The number of carbonyl (C=O) groups excluding carboxylic acids is 1. The first-order chi connectivity index (χ1) is 13.7. The molecule has 0 radical (unpaired) electrons. The van der Waals surface area contributed by atoms with Gasteiger partial charge in [0.2, 0.25) is 0 Å². The fourth-order valence-corrected chi connectivity index (χ4v) is 2.95. The molecule has 3 aromatic carbocycles. The number of hydrogen-bond acceptors (Lipinski definition) is 3. The van der Waals surface area contributed by atoms with Gasteiger partial charge in [0.25, 0.3) is 0 Å². The zero-order valence-electron chi connectivity index (χ0n) is 16.5. The zero-order valence-corrected chi connectivity index (χ0v) is 16.5. The third-order valence-corrected chi connectivity index (χ3v) is 4.57. The molecule has 0 spiro atoms. The van der Waals surface area contributed by atoms with Crippen molar-refractivity contribution in [2.45, 2.75) is 26.7 Å². The van der Waals surface area contributed by atoms with Crippen LogP contribution in [0.15, 0.2) is 72.8 Å². The fraction of sp³-hybridized carbons (Fsp3) is 0.240. The maximum Gasteiger partial charge on any atom is 0.338 e. The molecule has 0 bridgehead atoms. The van der Waals surface area contributed by atoms with E-state index in [-0.39, 0.29) is 5.97 Å². The predicted octanol–water partition coefficient (Wildman–Crippen LogP) is 6.38. The average molecular weight is 374 g/mol. The normalized spacial score (nSPS) is 10.5. The molecule has 0 unspecified atom stereocenters. The van der Waals surface area contributed by atoms with Crippen LogP contribution in [0.2, 0.25) is 0 Å². The highest BCUT2D eigenvalue weighted by atomic mass is 16.5. The Morgan fingerprint density at radius 2 is 1.18 bits per heavy atom. The SMILES string of the molecule is CCCCOc1ccc(-c2ccc(-c3ccc(C(=O)OCC)cc3)cc2)cc1. The van der Waals surface area contributed by atoms with Gasteiger partial charge in [0.15, 0.2) is 0 Å². The van der Waals surface area contributed by atoms with Crippen LogP contribution in [0, 0.1) is 0 Å². The van der Waals surface area contributed by atoms with Gasteiger partial charge in [-0.15, -0.1) is 0 Å². The molecule has 0 N–H and O–H groups in total. The molecule has 0 aliphatic rings. The second-order valence-electron chi connectivity index (χ2n) is 6.60. The van der Waals surface area contributed by atoms with E-state index in [1.54, 1.807) is 19.1 Å². The molecule has 0 atom stereocenters. The van der Waals surface area contributed by atoms with E-state index < -0.39 is 0 Å². The van der Waals surface area contributed by atoms with E-state index in [2.05, 4.69) is 43.3 Å². The lowest BCUT2D eigenvalue weighted by atomic mass is 9.99. The van der Waals surface area contributed by atoms with E-state index in [0.717, 1.165) is 47.5 Å². The molecule has 3 nitrogen and oxygen atoms in total. The first-order valence-corrected chi connectivity index (χ1v) is 9.82. The highest BCUT2D eigenvalue weighted by molar-refractivity contribution is 5.90.